The third-order valence-corrected chi connectivity index (χ3v) is 4.08. The van der Waals surface area contributed by atoms with Gasteiger partial charge in [0.2, 0.25) is 0 Å². The average molecular weight is 332 g/mol. The van der Waals surface area contributed by atoms with Crippen LogP contribution >= 0.6 is 11.6 Å². The Morgan fingerprint density at radius 2 is 1.52 bits per heavy atom. The second-order valence-corrected chi connectivity index (χ2v) is 6.78. The van der Waals surface area contributed by atoms with Crippen LogP contribution in [-0.2, 0) is 6.54 Å². The van der Waals surface area contributed by atoms with Crippen molar-refractivity contribution in [2.45, 2.75) is 12.6 Å². The van der Waals surface area contributed by atoms with E-state index in [2.05, 4.69) is 79.7 Å². The molecular formula is C19H26ClN3. The first kappa shape index (κ1) is 17.8. The Labute approximate surface area is 144 Å². The second kappa shape index (κ2) is 8.34. The maximum Gasteiger partial charge on any atom is 0.0515 e. The van der Waals surface area contributed by atoms with E-state index in [1.54, 1.807) is 0 Å². The summed E-state index contributed by atoms with van der Waals surface area (Å²) < 4.78 is 0. The highest BCUT2D eigenvalue weighted by molar-refractivity contribution is 6.30. The van der Waals surface area contributed by atoms with Crippen molar-refractivity contribution in [2.24, 2.45) is 0 Å². The van der Waals surface area contributed by atoms with Gasteiger partial charge in [-0.25, -0.2) is 0 Å². The minimum Gasteiger partial charge on any atom is -0.383 e. The minimum absolute atomic E-state index is 0.300. The second-order valence-electron chi connectivity index (χ2n) is 6.35. The van der Waals surface area contributed by atoms with Crippen LogP contribution < -0.4 is 5.32 Å². The van der Waals surface area contributed by atoms with E-state index in [0.717, 1.165) is 23.8 Å². The minimum atomic E-state index is 0.300. The van der Waals surface area contributed by atoms with Crippen molar-refractivity contribution in [3.63, 3.8) is 0 Å². The molecule has 3 nitrogen and oxygen atoms in total. The number of halogens is 1. The summed E-state index contributed by atoms with van der Waals surface area (Å²) in [4.78, 5) is 4.39. The molecule has 0 saturated carbocycles. The lowest BCUT2D eigenvalue weighted by molar-refractivity contribution is 0.312. The monoisotopic (exact) mass is 331 g/mol. The number of rotatable bonds is 7. The number of hydrogen-bond donors (Lipinski definition) is 1. The van der Waals surface area contributed by atoms with E-state index in [0.29, 0.717) is 6.04 Å². The predicted octanol–water partition coefficient (Wildman–Crippen LogP) is 4.12. The zero-order chi connectivity index (χ0) is 16.8. The van der Waals surface area contributed by atoms with Gasteiger partial charge in [-0.1, -0.05) is 35.9 Å². The summed E-state index contributed by atoms with van der Waals surface area (Å²) >= 11 is 5.99. The van der Waals surface area contributed by atoms with Gasteiger partial charge in [-0.05, 0) is 63.6 Å². The first-order valence-electron chi connectivity index (χ1n) is 7.85. The molecule has 0 aliphatic heterocycles. The molecule has 2 aromatic carbocycles. The summed E-state index contributed by atoms with van der Waals surface area (Å²) in [6, 6.07) is 17.0. The molecule has 0 saturated heterocycles. The maximum atomic E-state index is 5.99. The smallest absolute Gasteiger partial charge is 0.0515 e. The Hall–Kier alpha value is -1.55. The Kier molecular flexibility index (Phi) is 6.46. The molecule has 1 atom stereocenters. The normalized spacial score (nSPS) is 12.7. The van der Waals surface area contributed by atoms with Gasteiger partial charge in [0, 0.05) is 23.8 Å². The lowest BCUT2D eigenvalue weighted by Gasteiger charge is -2.25. The van der Waals surface area contributed by atoms with E-state index in [4.69, 9.17) is 11.6 Å². The van der Waals surface area contributed by atoms with Crippen molar-refractivity contribution in [2.75, 3.05) is 40.1 Å². The molecule has 0 aromatic heterocycles. The Morgan fingerprint density at radius 3 is 2.04 bits per heavy atom. The van der Waals surface area contributed by atoms with E-state index in [-0.39, 0.29) is 0 Å². The summed E-state index contributed by atoms with van der Waals surface area (Å²) in [5.41, 5.74) is 3.73. The molecule has 0 radical (unpaired) electrons. The molecule has 1 N–H and O–H groups in total. The lowest BCUT2D eigenvalue weighted by Crippen LogP contribution is -2.26. The van der Waals surface area contributed by atoms with Crippen LogP contribution in [0, 0.1) is 0 Å². The highest BCUT2D eigenvalue weighted by atomic mass is 35.5. The van der Waals surface area contributed by atoms with Gasteiger partial charge >= 0.3 is 0 Å². The van der Waals surface area contributed by atoms with Crippen molar-refractivity contribution in [3.05, 3.63) is 64.7 Å². The SMILES string of the molecule is CN(C)Cc1ccc(NCC(c2ccc(Cl)cc2)N(C)C)cc1. The lowest BCUT2D eigenvalue weighted by atomic mass is 10.1. The van der Waals surface area contributed by atoms with E-state index in [1.807, 2.05) is 12.1 Å². The fraction of sp³-hybridized carbons (Fsp3) is 0.368. The van der Waals surface area contributed by atoms with Gasteiger partial charge in [-0.2, -0.15) is 0 Å². The molecule has 0 bridgehead atoms. The van der Waals surface area contributed by atoms with Crippen LogP contribution in [0.3, 0.4) is 0 Å². The van der Waals surface area contributed by atoms with Crippen LogP contribution in [-0.4, -0.2) is 44.5 Å². The number of nitrogens with zero attached hydrogens (tertiary/aromatic N) is 2. The molecule has 0 aliphatic carbocycles. The van der Waals surface area contributed by atoms with E-state index < -0.39 is 0 Å². The molecule has 4 heteroatoms. The van der Waals surface area contributed by atoms with Crippen LogP contribution in [0.1, 0.15) is 17.2 Å². The molecule has 0 aliphatic rings. The molecule has 0 spiro atoms. The van der Waals surface area contributed by atoms with Gasteiger partial charge < -0.3 is 15.1 Å². The largest absolute Gasteiger partial charge is 0.383 e. The fourth-order valence-corrected chi connectivity index (χ4v) is 2.72. The summed E-state index contributed by atoms with van der Waals surface area (Å²) in [5, 5.41) is 4.31. The molecule has 2 aromatic rings. The first-order valence-corrected chi connectivity index (χ1v) is 8.23. The van der Waals surface area contributed by atoms with Gasteiger partial charge in [0.1, 0.15) is 0 Å². The molecular weight excluding hydrogens is 306 g/mol. The van der Waals surface area contributed by atoms with Crippen LogP contribution in [0.4, 0.5) is 5.69 Å². The van der Waals surface area contributed by atoms with Crippen LogP contribution in [0.5, 0.6) is 0 Å². The standard InChI is InChI=1S/C19H26ClN3/c1-22(2)14-15-5-11-18(12-6-15)21-13-19(23(3)4)16-7-9-17(20)10-8-16/h5-12,19,21H,13-14H2,1-4H3. The summed E-state index contributed by atoms with van der Waals surface area (Å²) in [5.74, 6) is 0. The summed E-state index contributed by atoms with van der Waals surface area (Å²) in [6.45, 7) is 1.81. The zero-order valence-electron chi connectivity index (χ0n) is 14.4. The van der Waals surface area contributed by atoms with Gasteiger partial charge in [-0.3, -0.25) is 0 Å². The Bertz CT molecular complexity index is 591. The average Bonchev–Trinajstić information content (AvgIpc) is 2.50. The molecule has 0 amide bonds. The number of likely N-dealkylation sites (N-methyl/N-ethyl adjacent to an activating group) is 1. The maximum absolute atomic E-state index is 5.99. The first-order chi connectivity index (χ1) is 11.0. The molecule has 124 valence electrons. The van der Waals surface area contributed by atoms with Crippen molar-refractivity contribution in [1.29, 1.82) is 0 Å². The number of hydrogen-bond acceptors (Lipinski definition) is 3. The van der Waals surface area contributed by atoms with Crippen LogP contribution in [0.25, 0.3) is 0 Å². The number of anilines is 1. The molecule has 0 heterocycles. The summed E-state index contributed by atoms with van der Waals surface area (Å²) in [7, 11) is 8.36. The van der Waals surface area contributed by atoms with Gasteiger partial charge in [0.15, 0.2) is 0 Å². The molecule has 23 heavy (non-hydrogen) atoms. The highest BCUT2D eigenvalue weighted by Gasteiger charge is 2.13. The molecule has 2 rings (SSSR count). The zero-order valence-corrected chi connectivity index (χ0v) is 15.1. The quantitative estimate of drug-likeness (QED) is 0.823. The number of nitrogens with one attached hydrogen (secondary N) is 1. The molecule has 1 unspecified atom stereocenters. The van der Waals surface area contributed by atoms with E-state index in [1.165, 1.54) is 11.1 Å². The third kappa shape index (κ3) is 5.54. The van der Waals surface area contributed by atoms with Gasteiger partial charge in [-0.15, -0.1) is 0 Å². The van der Waals surface area contributed by atoms with Crippen molar-refractivity contribution < 1.29 is 0 Å². The third-order valence-electron chi connectivity index (χ3n) is 3.83. The fourth-order valence-electron chi connectivity index (χ4n) is 2.59. The Balaban J connectivity index is 2.00. The van der Waals surface area contributed by atoms with Gasteiger partial charge in [0.25, 0.3) is 0 Å². The molecule has 0 fully saturated rings. The van der Waals surface area contributed by atoms with Crippen LogP contribution in [0.15, 0.2) is 48.5 Å². The highest BCUT2D eigenvalue weighted by Crippen LogP contribution is 2.21. The van der Waals surface area contributed by atoms with Crippen molar-refractivity contribution in [1.82, 2.24) is 9.80 Å². The van der Waals surface area contributed by atoms with Crippen molar-refractivity contribution >= 4 is 17.3 Å². The van der Waals surface area contributed by atoms with Crippen LogP contribution in [0.2, 0.25) is 5.02 Å². The van der Waals surface area contributed by atoms with Crippen molar-refractivity contribution in [3.8, 4) is 0 Å². The predicted molar refractivity (Wildman–Crippen MR) is 100 cm³/mol. The Morgan fingerprint density at radius 1 is 0.913 bits per heavy atom. The topological polar surface area (TPSA) is 18.5 Å². The number of benzene rings is 2. The van der Waals surface area contributed by atoms with E-state index in [9.17, 15) is 0 Å². The van der Waals surface area contributed by atoms with E-state index >= 15 is 0 Å². The summed E-state index contributed by atoms with van der Waals surface area (Å²) in [6.07, 6.45) is 0. The van der Waals surface area contributed by atoms with Gasteiger partial charge in [0.05, 0.1) is 6.04 Å².